The lowest BCUT2D eigenvalue weighted by atomic mass is 10.1. The van der Waals surface area contributed by atoms with Gasteiger partial charge < -0.3 is 23.9 Å². The molecule has 2 heterocycles. The second kappa shape index (κ2) is 6.43. The molecule has 0 saturated carbocycles. The van der Waals surface area contributed by atoms with Gasteiger partial charge in [0.1, 0.15) is 5.75 Å². The van der Waals surface area contributed by atoms with Gasteiger partial charge in [0.2, 0.25) is 0 Å². The lowest BCUT2D eigenvalue weighted by molar-refractivity contribution is 0.0923. The summed E-state index contributed by atoms with van der Waals surface area (Å²) in [7, 11) is 1.58. The number of furan rings is 1. The van der Waals surface area contributed by atoms with E-state index in [-0.39, 0.29) is 11.7 Å². The molecule has 116 valence electrons. The number of hydrogen-bond donors (Lipinski definition) is 1. The standard InChI is InChI=1S/C16H17NO5/c1-19-13-9-15-14(21-6-3-7-22-15)8-11(13)10-17-16(18)12-4-2-5-20-12/h2,4-5,8-9H,3,6-7,10H2,1H3,(H,17,18). The monoisotopic (exact) mass is 303 g/mol. The predicted molar refractivity (Wildman–Crippen MR) is 78.5 cm³/mol. The molecule has 1 aliphatic heterocycles. The van der Waals surface area contributed by atoms with Crippen LogP contribution in [0.2, 0.25) is 0 Å². The number of ether oxygens (including phenoxy) is 3. The van der Waals surface area contributed by atoms with Gasteiger partial charge in [-0.15, -0.1) is 0 Å². The van der Waals surface area contributed by atoms with Crippen molar-refractivity contribution in [2.24, 2.45) is 0 Å². The first-order valence-corrected chi connectivity index (χ1v) is 7.06. The summed E-state index contributed by atoms with van der Waals surface area (Å²) in [5.74, 6) is 1.97. The number of carbonyl (C=O) groups is 1. The molecule has 1 aromatic heterocycles. The number of carbonyl (C=O) groups excluding carboxylic acids is 1. The number of hydrogen-bond acceptors (Lipinski definition) is 5. The van der Waals surface area contributed by atoms with Crippen LogP contribution in [0.1, 0.15) is 22.5 Å². The van der Waals surface area contributed by atoms with Crippen molar-refractivity contribution >= 4 is 5.91 Å². The number of nitrogens with one attached hydrogen (secondary N) is 1. The molecule has 0 unspecified atom stereocenters. The third-order valence-corrected chi connectivity index (χ3v) is 3.33. The van der Waals surface area contributed by atoms with E-state index in [1.807, 2.05) is 6.07 Å². The van der Waals surface area contributed by atoms with E-state index in [1.54, 1.807) is 25.3 Å². The normalized spacial score (nSPS) is 13.3. The van der Waals surface area contributed by atoms with Crippen LogP contribution < -0.4 is 19.5 Å². The molecule has 0 atom stereocenters. The second-order valence-corrected chi connectivity index (χ2v) is 4.82. The summed E-state index contributed by atoms with van der Waals surface area (Å²) in [6.45, 7) is 1.53. The van der Waals surface area contributed by atoms with E-state index in [4.69, 9.17) is 18.6 Å². The minimum absolute atomic E-state index is 0.272. The van der Waals surface area contributed by atoms with E-state index in [2.05, 4.69) is 5.32 Å². The van der Waals surface area contributed by atoms with Crippen LogP contribution in [0, 0.1) is 0 Å². The first-order valence-electron chi connectivity index (χ1n) is 7.06. The Hall–Kier alpha value is -2.63. The second-order valence-electron chi connectivity index (χ2n) is 4.82. The fourth-order valence-corrected chi connectivity index (χ4v) is 2.23. The highest BCUT2D eigenvalue weighted by molar-refractivity contribution is 5.91. The highest BCUT2D eigenvalue weighted by Crippen LogP contribution is 2.36. The molecule has 0 spiro atoms. The van der Waals surface area contributed by atoms with Crippen LogP contribution in [-0.2, 0) is 6.54 Å². The molecule has 1 aliphatic rings. The number of methoxy groups -OCH3 is 1. The van der Waals surface area contributed by atoms with E-state index in [0.29, 0.717) is 37.0 Å². The van der Waals surface area contributed by atoms with Crippen molar-refractivity contribution in [2.45, 2.75) is 13.0 Å². The first kappa shape index (κ1) is 14.3. The lowest BCUT2D eigenvalue weighted by Crippen LogP contribution is -2.22. The number of rotatable bonds is 4. The summed E-state index contributed by atoms with van der Waals surface area (Å²) < 4.78 is 21.7. The van der Waals surface area contributed by atoms with Gasteiger partial charge in [0, 0.05) is 24.6 Å². The quantitative estimate of drug-likeness (QED) is 0.939. The average Bonchev–Trinajstić information content (AvgIpc) is 2.98. The minimum Gasteiger partial charge on any atom is -0.496 e. The maximum atomic E-state index is 11.9. The molecule has 3 rings (SSSR count). The summed E-state index contributed by atoms with van der Waals surface area (Å²) in [5.41, 5.74) is 0.812. The van der Waals surface area contributed by atoms with Crippen molar-refractivity contribution < 1.29 is 23.4 Å². The minimum atomic E-state index is -0.279. The summed E-state index contributed by atoms with van der Waals surface area (Å²) >= 11 is 0. The fraction of sp³-hybridized carbons (Fsp3) is 0.312. The van der Waals surface area contributed by atoms with E-state index in [0.717, 1.165) is 12.0 Å². The molecule has 6 heteroatoms. The Morgan fingerprint density at radius 1 is 1.27 bits per heavy atom. The Balaban J connectivity index is 1.77. The van der Waals surface area contributed by atoms with E-state index in [9.17, 15) is 4.79 Å². The van der Waals surface area contributed by atoms with Crippen molar-refractivity contribution in [2.75, 3.05) is 20.3 Å². The molecule has 22 heavy (non-hydrogen) atoms. The van der Waals surface area contributed by atoms with Crippen molar-refractivity contribution in [1.82, 2.24) is 5.32 Å². The van der Waals surface area contributed by atoms with Crippen LogP contribution in [0.25, 0.3) is 0 Å². The van der Waals surface area contributed by atoms with Crippen molar-refractivity contribution in [3.63, 3.8) is 0 Å². The van der Waals surface area contributed by atoms with Gasteiger partial charge in [0.05, 0.1) is 26.6 Å². The molecular formula is C16H17NO5. The van der Waals surface area contributed by atoms with E-state index < -0.39 is 0 Å². The third kappa shape index (κ3) is 3.00. The molecule has 1 aromatic carbocycles. The summed E-state index contributed by atoms with van der Waals surface area (Å²) in [6.07, 6.45) is 2.30. The van der Waals surface area contributed by atoms with Crippen LogP contribution in [0.3, 0.4) is 0 Å². The zero-order chi connectivity index (χ0) is 15.4. The molecule has 0 bridgehead atoms. The van der Waals surface area contributed by atoms with Gasteiger partial charge in [0.25, 0.3) is 5.91 Å². The zero-order valence-corrected chi connectivity index (χ0v) is 12.3. The molecule has 1 amide bonds. The maximum Gasteiger partial charge on any atom is 0.287 e. The summed E-state index contributed by atoms with van der Waals surface area (Å²) in [5, 5.41) is 2.79. The smallest absolute Gasteiger partial charge is 0.287 e. The zero-order valence-electron chi connectivity index (χ0n) is 12.3. The van der Waals surface area contributed by atoms with Crippen LogP contribution >= 0.6 is 0 Å². The summed E-state index contributed by atoms with van der Waals surface area (Å²) in [4.78, 5) is 11.9. The Bertz CT molecular complexity index is 651. The van der Waals surface area contributed by atoms with E-state index >= 15 is 0 Å². The third-order valence-electron chi connectivity index (χ3n) is 3.33. The average molecular weight is 303 g/mol. The lowest BCUT2D eigenvalue weighted by Gasteiger charge is -2.14. The molecule has 0 saturated heterocycles. The molecule has 6 nitrogen and oxygen atoms in total. The summed E-state index contributed by atoms with van der Waals surface area (Å²) in [6, 6.07) is 6.90. The van der Waals surface area contributed by atoms with Crippen molar-refractivity contribution in [3.05, 3.63) is 41.9 Å². The van der Waals surface area contributed by atoms with Crippen LogP contribution in [0.4, 0.5) is 0 Å². The van der Waals surface area contributed by atoms with Gasteiger partial charge in [-0.25, -0.2) is 0 Å². The van der Waals surface area contributed by atoms with Crippen molar-refractivity contribution in [3.8, 4) is 17.2 Å². The molecular weight excluding hydrogens is 286 g/mol. The first-order chi connectivity index (χ1) is 10.8. The number of amides is 1. The van der Waals surface area contributed by atoms with Gasteiger partial charge in [-0.05, 0) is 18.2 Å². The Morgan fingerprint density at radius 2 is 2.05 bits per heavy atom. The maximum absolute atomic E-state index is 11.9. The molecule has 2 aromatic rings. The van der Waals surface area contributed by atoms with Gasteiger partial charge in [0.15, 0.2) is 17.3 Å². The Morgan fingerprint density at radius 3 is 2.73 bits per heavy atom. The van der Waals surface area contributed by atoms with Gasteiger partial charge >= 0.3 is 0 Å². The predicted octanol–water partition coefficient (Wildman–Crippen LogP) is 2.38. The number of fused-ring (bicyclic) bond motifs is 1. The Labute approximate surface area is 128 Å². The molecule has 0 aliphatic carbocycles. The van der Waals surface area contributed by atoms with Gasteiger partial charge in [-0.1, -0.05) is 0 Å². The fourth-order valence-electron chi connectivity index (χ4n) is 2.23. The Kier molecular flexibility index (Phi) is 4.18. The van der Waals surface area contributed by atoms with Crippen LogP contribution in [-0.4, -0.2) is 26.2 Å². The highest BCUT2D eigenvalue weighted by Gasteiger charge is 2.16. The van der Waals surface area contributed by atoms with Gasteiger partial charge in [-0.3, -0.25) is 4.79 Å². The van der Waals surface area contributed by atoms with Crippen molar-refractivity contribution in [1.29, 1.82) is 0 Å². The largest absolute Gasteiger partial charge is 0.496 e. The van der Waals surface area contributed by atoms with Crippen LogP contribution in [0.5, 0.6) is 17.2 Å². The van der Waals surface area contributed by atoms with E-state index in [1.165, 1.54) is 6.26 Å². The topological polar surface area (TPSA) is 69.9 Å². The highest BCUT2D eigenvalue weighted by atomic mass is 16.5. The van der Waals surface area contributed by atoms with Crippen LogP contribution in [0.15, 0.2) is 34.9 Å². The molecule has 1 N–H and O–H groups in total. The number of benzene rings is 1. The molecule has 0 fully saturated rings. The molecule has 0 radical (unpaired) electrons. The SMILES string of the molecule is COc1cc2c(cc1CNC(=O)c1ccco1)OCCCO2. The van der Waals surface area contributed by atoms with Gasteiger partial charge in [-0.2, -0.15) is 0 Å².